The number of rotatable bonds is 6. The topological polar surface area (TPSA) is 29.9 Å². The van der Waals surface area contributed by atoms with Crippen LogP contribution in [-0.4, -0.2) is 22.9 Å². The molecule has 0 spiro atoms. The molecule has 0 aliphatic rings. The average molecular weight is 350 g/mol. The summed E-state index contributed by atoms with van der Waals surface area (Å²) in [5, 5.41) is 8.16. The van der Waals surface area contributed by atoms with Crippen molar-refractivity contribution < 1.29 is 0 Å². The van der Waals surface area contributed by atoms with Crippen molar-refractivity contribution in [1.29, 1.82) is 0 Å². The summed E-state index contributed by atoms with van der Waals surface area (Å²) in [6, 6.07) is 8.41. The quantitative estimate of drug-likeness (QED) is 0.853. The Bertz CT molecular complexity index is 604. The van der Waals surface area contributed by atoms with Gasteiger partial charge in [-0.15, -0.1) is 0 Å². The van der Waals surface area contributed by atoms with E-state index < -0.39 is 0 Å². The van der Waals surface area contributed by atoms with E-state index in [1.165, 1.54) is 16.8 Å². The molecular weight excluding hydrogens is 326 g/mol. The third-order valence-electron chi connectivity index (χ3n) is 3.85. The number of nitrogens with one attached hydrogen (secondary N) is 1. The molecule has 21 heavy (non-hydrogen) atoms. The van der Waals surface area contributed by atoms with Gasteiger partial charge in [0.05, 0.1) is 12.2 Å². The van der Waals surface area contributed by atoms with E-state index in [2.05, 4.69) is 77.9 Å². The normalized spacial score (nSPS) is 12.6. The predicted octanol–water partition coefficient (Wildman–Crippen LogP) is 4.02. The van der Waals surface area contributed by atoms with Crippen LogP contribution in [0.3, 0.4) is 0 Å². The van der Waals surface area contributed by atoms with Gasteiger partial charge in [0.25, 0.3) is 0 Å². The van der Waals surface area contributed by atoms with Crippen LogP contribution in [0.1, 0.15) is 42.3 Å². The molecule has 0 bridgehead atoms. The van der Waals surface area contributed by atoms with Crippen molar-refractivity contribution in [2.24, 2.45) is 0 Å². The molecule has 1 atom stereocenters. The van der Waals surface area contributed by atoms with Crippen molar-refractivity contribution in [2.75, 3.05) is 13.1 Å². The summed E-state index contributed by atoms with van der Waals surface area (Å²) in [6.45, 7) is 11.5. The summed E-state index contributed by atoms with van der Waals surface area (Å²) in [7, 11) is 0. The Hall–Kier alpha value is -1.13. The first-order valence-electron chi connectivity index (χ1n) is 7.52. The predicted molar refractivity (Wildman–Crippen MR) is 91.9 cm³/mol. The number of aromatic nitrogens is 2. The Labute approximate surface area is 135 Å². The zero-order chi connectivity index (χ0) is 15.4. The van der Waals surface area contributed by atoms with E-state index in [1.54, 1.807) is 0 Å². The number of aryl methyl sites for hydroxylation is 1. The van der Waals surface area contributed by atoms with E-state index in [4.69, 9.17) is 5.10 Å². The van der Waals surface area contributed by atoms with Crippen molar-refractivity contribution in [1.82, 2.24) is 15.1 Å². The van der Waals surface area contributed by atoms with Crippen molar-refractivity contribution >= 4 is 15.9 Å². The third kappa shape index (κ3) is 3.95. The molecule has 0 fully saturated rings. The van der Waals surface area contributed by atoms with Crippen molar-refractivity contribution in [3.8, 4) is 0 Å². The van der Waals surface area contributed by atoms with Crippen LogP contribution >= 0.6 is 15.9 Å². The van der Waals surface area contributed by atoms with E-state index in [0.717, 1.165) is 29.8 Å². The first-order valence-corrected chi connectivity index (χ1v) is 8.31. The third-order valence-corrected chi connectivity index (χ3v) is 4.35. The molecule has 0 amide bonds. The smallest absolute Gasteiger partial charge is 0.0663 e. The molecular formula is C17H24BrN3. The van der Waals surface area contributed by atoms with E-state index in [0.29, 0.717) is 5.92 Å². The minimum atomic E-state index is 0.487. The van der Waals surface area contributed by atoms with E-state index in [9.17, 15) is 0 Å². The van der Waals surface area contributed by atoms with Gasteiger partial charge in [-0.2, -0.15) is 5.10 Å². The molecule has 0 saturated carbocycles. The Kier molecular flexibility index (Phi) is 5.59. The van der Waals surface area contributed by atoms with Gasteiger partial charge in [0.15, 0.2) is 0 Å². The molecule has 0 radical (unpaired) electrons. The largest absolute Gasteiger partial charge is 0.316 e. The summed E-state index contributed by atoms with van der Waals surface area (Å²) in [5.74, 6) is 0.487. The SMILES string of the molecule is CCNCC(C)c1c(C)nn(Cc2cccc(Br)c2)c1C. The molecule has 114 valence electrons. The second kappa shape index (κ2) is 7.23. The van der Waals surface area contributed by atoms with Gasteiger partial charge in [-0.25, -0.2) is 0 Å². The molecule has 3 nitrogen and oxygen atoms in total. The lowest BCUT2D eigenvalue weighted by Gasteiger charge is -2.13. The fourth-order valence-electron chi connectivity index (χ4n) is 2.85. The molecule has 2 rings (SSSR count). The Morgan fingerprint density at radius 2 is 2.10 bits per heavy atom. The minimum absolute atomic E-state index is 0.487. The van der Waals surface area contributed by atoms with Crippen LogP contribution < -0.4 is 5.32 Å². The van der Waals surface area contributed by atoms with Crippen LogP contribution in [0.2, 0.25) is 0 Å². The molecule has 1 aromatic heterocycles. The van der Waals surface area contributed by atoms with Crippen molar-refractivity contribution in [3.05, 3.63) is 51.3 Å². The highest BCUT2D eigenvalue weighted by atomic mass is 79.9. The molecule has 1 heterocycles. The highest BCUT2D eigenvalue weighted by Gasteiger charge is 2.17. The first-order chi connectivity index (χ1) is 10.0. The van der Waals surface area contributed by atoms with Gasteiger partial charge < -0.3 is 5.32 Å². The Morgan fingerprint density at radius 3 is 2.76 bits per heavy atom. The highest BCUT2D eigenvalue weighted by Crippen LogP contribution is 2.23. The summed E-state index contributed by atoms with van der Waals surface area (Å²) < 4.78 is 3.23. The Morgan fingerprint density at radius 1 is 1.33 bits per heavy atom. The molecule has 0 aliphatic carbocycles. The van der Waals surface area contributed by atoms with Gasteiger partial charge >= 0.3 is 0 Å². The fraction of sp³-hybridized carbons (Fsp3) is 0.471. The fourth-order valence-corrected chi connectivity index (χ4v) is 3.30. The zero-order valence-electron chi connectivity index (χ0n) is 13.3. The maximum absolute atomic E-state index is 4.74. The van der Waals surface area contributed by atoms with Crippen LogP contribution in [0, 0.1) is 13.8 Å². The van der Waals surface area contributed by atoms with Gasteiger partial charge in [-0.3, -0.25) is 4.68 Å². The van der Waals surface area contributed by atoms with E-state index in [-0.39, 0.29) is 0 Å². The number of halogens is 1. The maximum atomic E-state index is 4.74. The molecule has 1 N–H and O–H groups in total. The van der Waals surface area contributed by atoms with Crippen LogP contribution in [-0.2, 0) is 6.54 Å². The molecule has 1 unspecified atom stereocenters. The second-order valence-corrected chi connectivity index (χ2v) is 6.50. The summed E-state index contributed by atoms with van der Waals surface area (Å²) in [6.07, 6.45) is 0. The van der Waals surface area contributed by atoms with Gasteiger partial charge in [0.2, 0.25) is 0 Å². The number of hydrogen-bond donors (Lipinski definition) is 1. The second-order valence-electron chi connectivity index (χ2n) is 5.58. The standard InChI is InChI=1S/C17H24BrN3/c1-5-19-10-12(2)17-13(3)20-21(14(17)4)11-15-7-6-8-16(18)9-15/h6-9,12,19H,5,10-11H2,1-4H3. The highest BCUT2D eigenvalue weighted by molar-refractivity contribution is 9.10. The molecule has 0 saturated heterocycles. The van der Waals surface area contributed by atoms with Crippen LogP contribution in [0.25, 0.3) is 0 Å². The van der Waals surface area contributed by atoms with Crippen molar-refractivity contribution in [2.45, 2.75) is 40.2 Å². The lowest BCUT2D eigenvalue weighted by Crippen LogP contribution is -2.20. The molecule has 1 aromatic carbocycles. The average Bonchev–Trinajstić information content (AvgIpc) is 2.71. The number of likely N-dealkylation sites (N-methyl/N-ethyl adjacent to an activating group) is 1. The lowest BCUT2D eigenvalue weighted by atomic mass is 9.99. The van der Waals surface area contributed by atoms with Gasteiger partial charge in [-0.1, -0.05) is 41.9 Å². The first kappa shape index (κ1) is 16.2. The molecule has 4 heteroatoms. The summed E-state index contributed by atoms with van der Waals surface area (Å²) in [5.41, 5.74) is 5.07. The Balaban J connectivity index is 2.22. The molecule has 0 aliphatic heterocycles. The van der Waals surface area contributed by atoms with Crippen LogP contribution in [0.15, 0.2) is 28.7 Å². The van der Waals surface area contributed by atoms with Gasteiger partial charge in [0, 0.05) is 22.3 Å². The lowest BCUT2D eigenvalue weighted by molar-refractivity contribution is 0.624. The van der Waals surface area contributed by atoms with Crippen LogP contribution in [0.4, 0.5) is 0 Å². The van der Waals surface area contributed by atoms with E-state index >= 15 is 0 Å². The van der Waals surface area contributed by atoms with Crippen LogP contribution in [0.5, 0.6) is 0 Å². The minimum Gasteiger partial charge on any atom is -0.316 e. The number of nitrogens with zero attached hydrogens (tertiary/aromatic N) is 2. The van der Waals surface area contributed by atoms with E-state index in [1.807, 2.05) is 0 Å². The zero-order valence-corrected chi connectivity index (χ0v) is 14.9. The summed E-state index contributed by atoms with van der Waals surface area (Å²) >= 11 is 3.53. The maximum Gasteiger partial charge on any atom is 0.0663 e. The number of benzene rings is 1. The molecule has 2 aromatic rings. The number of hydrogen-bond acceptors (Lipinski definition) is 2. The monoisotopic (exact) mass is 349 g/mol. The van der Waals surface area contributed by atoms with Gasteiger partial charge in [0.1, 0.15) is 0 Å². The van der Waals surface area contributed by atoms with Gasteiger partial charge in [-0.05, 0) is 44.0 Å². The summed E-state index contributed by atoms with van der Waals surface area (Å²) in [4.78, 5) is 0. The van der Waals surface area contributed by atoms with Crippen molar-refractivity contribution in [3.63, 3.8) is 0 Å².